The molecule has 1 heterocycles. The minimum atomic E-state index is -0.800. The fourth-order valence-electron chi connectivity index (χ4n) is 3.33. The van der Waals surface area contributed by atoms with E-state index in [0.717, 1.165) is 0 Å². The molecule has 1 aliphatic rings. The summed E-state index contributed by atoms with van der Waals surface area (Å²) in [6.07, 6.45) is 0.527. The van der Waals surface area contributed by atoms with Gasteiger partial charge in [0.25, 0.3) is 0 Å². The van der Waals surface area contributed by atoms with Crippen LogP contribution in [0.4, 0.5) is 8.78 Å². The highest BCUT2D eigenvalue weighted by atomic mass is 19.1. The topological polar surface area (TPSA) is 49.4 Å². The number of carbonyl (C=O) groups excluding carboxylic acids is 2. The number of nitrogens with zero attached hydrogens (tertiary/aromatic N) is 1. The zero-order chi connectivity index (χ0) is 18.7. The predicted octanol–water partition coefficient (Wildman–Crippen LogP) is 3.16. The quantitative estimate of drug-likeness (QED) is 0.913. The summed E-state index contributed by atoms with van der Waals surface area (Å²) < 4.78 is 26.4. The Hall–Kier alpha value is -2.76. The molecule has 3 rings (SSSR count). The maximum absolute atomic E-state index is 13.2. The Morgan fingerprint density at radius 3 is 2.27 bits per heavy atom. The molecule has 2 amide bonds. The zero-order valence-corrected chi connectivity index (χ0v) is 14.4. The van der Waals surface area contributed by atoms with Gasteiger partial charge in [-0.1, -0.05) is 31.2 Å². The van der Waals surface area contributed by atoms with Gasteiger partial charge in [0, 0.05) is 13.1 Å². The van der Waals surface area contributed by atoms with E-state index in [1.165, 1.54) is 41.3 Å². The van der Waals surface area contributed by atoms with Crippen molar-refractivity contribution >= 4 is 11.8 Å². The number of piperazine rings is 1. The van der Waals surface area contributed by atoms with Gasteiger partial charge in [0.2, 0.25) is 11.8 Å². The molecule has 1 N–H and O–H groups in total. The lowest BCUT2D eigenvalue weighted by atomic mass is 9.92. The third-order valence-corrected chi connectivity index (χ3v) is 4.66. The van der Waals surface area contributed by atoms with Crippen molar-refractivity contribution in [2.45, 2.75) is 25.3 Å². The van der Waals surface area contributed by atoms with Gasteiger partial charge in [0.15, 0.2) is 0 Å². The molecule has 0 aromatic heterocycles. The molecule has 136 valence electrons. The van der Waals surface area contributed by atoms with Gasteiger partial charge in [-0.15, -0.1) is 0 Å². The Morgan fingerprint density at radius 2 is 1.69 bits per heavy atom. The number of hydrogen-bond acceptors (Lipinski definition) is 2. The number of amides is 2. The van der Waals surface area contributed by atoms with E-state index in [9.17, 15) is 18.4 Å². The van der Waals surface area contributed by atoms with Crippen LogP contribution in [0.3, 0.4) is 0 Å². The van der Waals surface area contributed by atoms with Crippen molar-refractivity contribution < 1.29 is 18.4 Å². The summed E-state index contributed by atoms with van der Waals surface area (Å²) in [4.78, 5) is 27.2. The monoisotopic (exact) mass is 358 g/mol. The molecule has 0 saturated carbocycles. The molecule has 2 atom stereocenters. The average molecular weight is 358 g/mol. The molecule has 1 saturated heterocycles. The van der Waals surface area contributed by atoms with Crippen LogP contribution in [0.2, 0.25) is 0 Å². The lowest BCUT2D eigenvalue weighted by Gasteiger charge is -2.37. The molecule has 0 aliphatic carbocycles. The van der Waals surface area contributed by atoms with Gasteiger partial charge < -0.3 is 10.2 Å². The maximum Gasteiger partial charge on any atom is 0.247 e. The van der Waals surface area contributed by atoms with Crippen molar-refractivity contribution in [2.24, 2.45) is 0 Å². The van der Waals surface area contributed by atoms with Gasteiger partial charge in [-0.25, -0.2) is 8.78 Å². The second-order valence-electron chi connectivity index (χ2n) is 6.29. The third kappa shape index (κ3) is 3.59. The van der Waals surface area contributed by atoms with Crippen molar-refractivity contribution in [3.05, 3.63) is 71.3 Å². The fourth-order valence-corrected chi connectivity index (χ4v) is 3.33. The van der Waals surface area contributed by atoms with E-state index >= 15 is 0 Å². The van der Waals surface area contributed by atoms with Crippen molar-refractivity contribution in [2.75, 3.05) is 13.1 Å². The van der Waals surface area contributed by atoms with E-state index in [0.29, 0.717) is 30.6 Å². The maximum atomic E-state index is 13.2. The zero-order valence-electron chi connectivity index (χ0n) is 14.4. The summed E-state index contributed by atoms with van der Waals surface area (Å²) in [5, 5.41) is 2.76. The van der Waals surface area contributed by atoms with Crippen LogP contribution in [-0.4, -0.2) is 29.8 Å². The van der Waals surface area contributed by atoms with Gasteiger partial charge in [-0.3, -0.25) is 9.59 Å². The van der Waals surface area contributed by atoms with Crippen molar-refractivity contribution in [3.8, 4) is 0 Å². The number of rotatable bonds is 4. The summed E-state index contributed by atoms with van der Waals surface area (Å²) in [5.74, 6) is -1.71. The molecular weight excluding hydrogens is 338 g/mol. The number of benzene rings is 2. The summed E-state index contributed by atoms with van der Waals surface area (Å²) in [6, 6.07) is 10.6. The molecule has 2 aromatic carbocycles. The number of nitrogens with one attached hydrogen (secondary N) is 1. The van der Waals surface area contributed by atoms with Gasteiger partial charge in [-0.2, -0.15) is 0 Å². The minimum absolute atomic E-state index is 0.191. The predicted molar refractivity (Wildman–Crippen MR) is 93.3 cm³/mol. The minimum Gasteiger partial charge on any atom is -0.352 e. The smallest absolute Gasteiger partial charge is 0.247 e. The first-order valence-electron chi connectivity index (χ1n) is 8.60. The Kier molecular flexibility index (Phi) is 5.30. The second-order valence-corrected chi connectivity index (χ2v) is 6.29. The standard InChI is InChI=1S/C20H20F2N2O2/c1-2-17(13-3-7-15(21)8-4-13)20(26)24-12-11-23-19(25)18(24)14-5-9-16(22)10-6-14/h3-10,17-18H,2,11-12H2,1H3,(H,23,25). The number of carbonyl (C=O) groups is 2. The lowest BCUT2D eigenvalue weighted by Crippen LogP contribution is -2.53. The average Bonchev–Trinajstić information content (AvgIpc) is 2.64. The summed E-state index contributed by atoms with van der Waals surface area (Å²) in [5.41, 5.74) is 1.27. The first-order valence-corrected chi connectivity index (χ1v) is 8.60. The molecule has 6 heteroatoms. The Balaban J connectivity index is 1.92. The van der Waals surface area contributed by atoms with Crippen LogP contribution in [0, 0.1) is 11.6 Å². The first kappa shape index (κ1) is 18.0. The Labute approximate surface area is 150 Å². The summed E-state index contributed by atoms with van der Waals surface area (Å²) in [6.45, 7) is 2.61. The van der Waals surface area contributed by atoms with Crippen LogP contribution < -0.4 is 5.32 Å². The molecule has 1 aliphatic heterocycles. The lowest BCUT2D eigenvalue weighted by molar-refractivity contribution is -0.144. The normalized spacial score (nSPS) is 18.3. The van der Waals surface area contributed by atoms with Crippen LogP contribution in [0.5, 0.6) is 0 Å². The summed E-state index contributed by atoms with van der Waals surface area (Å²) in [7, 11) is 0. The van der Waals surface area contributed by atoms with E-state index in [1.54, 1.807) is 12.1 Å². The fraction of sp³-hybridized carbons (Fsp3) is 0.300. The molecule has 0 radical (unpaired) electrons. The molecular formula is C20H20F2N2O2. The highest BCUT2D eigenvalue weighted by Gasteiger charge is 2.37. The molecule has 2 unspecified atom stereocenters. The van der Waals surface area contributed by atoms with E-state index in [2.05, 4.69) is 5.32 Å². The van der Waals surface area contributed by atoms with Crippen molar-refractivity contribution in [1.82, 2.24) is 10.2 Å². The first-order chi connectivity index (χ1) is 12.5. The molecule has 2 aromatic rings. The number of hydrogen-bond donors (Lipinski definition) is 1. The van der Waals surface area contributed by atoms with Gasteiger partial charge in [-0.05, 0) is 41.8 Å². The van der Waals surface area contributed by atoms with E-state index < -0.39 is 17.8 Å². The van der Waals surface area contributed by atoms with Crippen molar-refractivity contribution in [3.63, 3.8) is 0 Å². The molecule has 26 heavy (non-hydrogen) atoms. The SMILES string of the molecule is CCC(C(=O)N1CCNC(=O)C1c1ccc(F)cc1)c1ccc(F)cc1. The highest BCUT2D eigenvalue weighted by molar-refractivity contribution is 5.92. The molecule has 1 fully saturated rings. The summed E-state index contributed by atoms with van der Waals surface area (Å²) >= 11 is 0. The van der Waals surface area contributed by atoms with Crippen molar-refractivity contribution in [1.29, 1.82) is 0 Å². The Morgan fingerprint density at radius 1 is 1.12 bits per heavy atom. The molecule has 0 bridgehead atoms. The van der Waals surface area contributed by atoms with Crippen LogP contribution in [0.1, 0.15) is 36.4 Å². The van der Waals surface area contributed by atoms with E-state index in [4.69, 9.17) is 0 Å². The number of halogens is 2. The van der Waals surface area contributed by atoms with Crippen LogP contribution in [0.15, 0.2) is 48.5 Å². The van der Waals surface area contributed by atoms with Gasteiger partial charge >= 0.3 is 0 Å². The second kappa shape index (κ2) is 7.64. The Bertz CT molecular complexity index is 790. The highest BCUT2D eigenvalue weighted by Crippen LogP contribution is 2.30. The molecule has 4 nitrogen and oxygen atoms in total. The van der Waals surface area contributed by atoms with Gasteiger partial charge in [0.05, 0.1) is 5.92 Å². The molecule has 0 spiro atoms. The van der Waals surface area contributed by atoms with Crippen LogP contribution in [-0.2, 0) is 9.59 Å². The largest absolute Gasteiger partial charge is 0.352 e. The van der Waals surface area contributed by atoms with Crippen LogP contribution in [0.25, 0.3) is 0 Å². The van der Waals surface area contributed by atoms with Crippen LogP contribution >= 0.6 is 0 Å². The van der Waals surface area contributed by atoms with E-state index in [1.807, 2.05) is 6.92 Å². The third-order valence-electron chi connectivity index (χ3n) is 4.66. The van der Waals surface area contributed by atoms with Gasteiger partial charge in [0.1, 0.15) is 17.7 Å². The van der Waals surface area contributed by atoms with E-state index in [-0.39, 0.29) is 17.6 Å².